The normalized spacial score (nSPS) is 16.4. The van der Waals surface area contributed by atoms with Crippen molar-refractivity contribution in [2.75, 3.05) is 13.1 Å². The van der Waals surface area contributed by atoms with Gasteiger partial charge in [-0.3, -0.25) is 9.69 Å². The number of carbonyl (C=O) groups excluding carboxylic acids is 1. The zero-order valence-corrected chi connectivity index (χ0v) is 15.7. The molecule has 2 nitrogen and oxygen atoms in total. The summed E-state index contributed by atoms with van der Waals surface area (Å²) in [6, 6.07) is 15.4. The standard InChI is InChI=1S/C21H21Cl2NO/c1-15(21(25)18-7-8-19(22)20(23)14-18)24-11-9-17(10-12-24)13-16-5-3-2-4-6-16/h2-9,14-15H,10-13H2,1H3. The van der Waals surface area contributed by atoms with Gasteiger partial charge in [0, 0.05) is 18.7 Å². The molecule has 130 valence electrons. The second kappa shape index (κ2) is 8.18. The third-order valence-corrected chi connectivity index (χ3v) is 5.48. The van der Waals surface area contributed by atoms with Crippen LogP contribution in [0, 0.1) is 0 Å². The Morgan fingerprint density at radius 2 is 1.88 bits per heavy atom. The van der Waals surface area contributed by atoms with E-state index in [2.05, 4.69) is 35.2 Å². The Morgan fingerprint density at radius 1 is 1.12 bits per heavy atom. The van der Waals surface area contributed by atoms with Crippen LogP contribution in [0.15, 0.2) is 60.2 Å². The van der Waals surface area contributed by atoms with Crippen LogP contribution in [0.1, 0.15) is 29.3 Å². The fourth-order valence-electron chi connectivity index (χ4n) is 3.15. The molecule has 1 aliphatic rings. The van der Waals surface area contributed by atoms with Crippen LogP contribution in [0.5, 0.6) is 0 Å². The van der Waals surface area contributed by atoms with Crippen LogP contribution in [0.3, 0.4) is 0 Å². The third-order valence-electron chi connectivity index (χ3n) is 4.74. The summed E-state index contributed by atoms with van der Waals surface area (Å²) in [6.07, 6.45) is 4.24. The Kier molecular flexibility index (Phi) is 5.95. The Balaban J connectivity index is 1.63. The van der Waals surface area contributed by atoms with Gasteiger partial charge in [-0.2, -0.15) is 0 Å². The van der Waals surface area contributed by atoms with Gasteiger partial charge in [-0.1, -0.05) is 65.2 Å². The molecule has 1 aliphatic heterocycles. The Labute approximate surface area is 159 Å². The molecule has 0 aliphatic carbocycles. The van der Waals surface area contributed by atoms with Gasteiger partial charge < -0.3 is 0 Å². The van der Waals surface area contributed by atoms with Gasteiger partial charge >= 0.3 is 0 Å². The van der Waals surface area contributed by atoms with E-state index in [1.165, 1.54) is 11.1 Å². The molecule has 0 aromatic heterocycles. The van der Waals surface area contributed by atoms with Crippen molar-refractivity contribution in [2.24, 2.45) is 0 Å². The molecule has 2 aromatic rings. The lowest BCUT2D eigenvalue weighted by Gasteiger charge is -2.31. The van der Waals surface area contributed by atoms with E-state index in [9.17, 15) is 4.79 Å². The van der Waals surface area contributed by atoms with Crippen molar-refractivity contribution < 1.29 is 4.79 Å². The number of Topliss-reactive ketones (excluding diaryl/α,β-unsaturated/α-hetero) is 1. The summed E-state index contributed by atoms with van der Waals surface area (Å²) in [5, 5.41) is 0.890. The molecular weight excluding hydrogens is 353 g/mol. The highest BCUT2D eigenvalue weighted by atomic mass is 35.5. The van der Waals surface area contributed by atoms with Crippen LogP contribution < -0.4 is 0 Å². The number of nitrogens with zero attached hydrogens (tertiary/aromatic N) is 1. The summed E-state index contributed by atoms with van der Waals surface area (Å²) >= 11 is 12.0. The zero-order valence-electron chi connectivity index (χ0n) is 14.2. The monoisotopic (exact) mass is 373 g/mol. The minimum Gasteiger partial charge on any atom is -0.292 e. The molecule has 0 amide bonds. The molecule has 0 saturated carbocycles. The fourth-order valence-corrected chi connectivity index (χ4v) is 3.45. The van der Waals surface area contributed by atoms with E-state index in [0.29, 0.717) is 15.6 Å². The van der Waals surface area contributed by atoms with Gasteiger partial charge in [-0.05, 0) is 43.5 Å². The molecule has 0 fully saturated rings. The number of rotatable bonds is 5. The lowest BCUT2D eigenvalue weighted by molar-refractivity contribution is 0.0848. The third kappa shape index (κ3) is 4.52. The minimum absolute atomic E-state index is 0.0819. The van der Waals surface area contributed by atoms with Gasteiger partial charge in [-0.25, -0.2) is 0 Å². The molecule has 1 atom stereocenters. The molecule has 0 bridgehead atoms. The van der Waals surface area contributed by atoms with Crippen LogP contribution >= 0.6 is 23.2 Å². The predicted molar refractivity (Wildman–Crippen MR) is 105 cm³/mol. The molecule has 2 aromatic carbocycles. The van der Waals surface area contributed by atoms with Gasteiger partial charge in [-0.15, -0.1) is 0 Å². The van der Waals surface area contributed by atoms with Crippen LogP contribution in [-0.2, 0) is 6.42 Å². The van der Waals surface area contributed by atoms with Crippen LogP contribution in [0.4, 0.5) is 0 Å². The summed E-state index contributed by atoms with van der Waals surface area (Å²) in [5.41, 5.74) is 3.39. The lowest BCUT2D eigenvalue weighted by Crippen LogP contribution is -2.41. The maximum Gasteiger partial charge on any atom is 0.179 e. The Bertz CT molecular complexity index is 786. The number of benzene rings is 2. The maximum absolute atomic E-state index is 12.7. The van der Waals surface area contributed by atoms with Crippen molar-refractivity contribution in [1.82, 2.24) is 4.90 Å². The molecule has 25 heavy (non-hydrogen) atoms. The van der Waals surface area contributed by atoms with Crippen molar-refractivity contribution in [1.29, 1.82) is 0 Å². The summed E-state index contributed by atoms with van der Waals surface area (Å²) in [6.45, 7) is 3.66. The molecule has 0 saturated heterocycles. The summed E-state index contributed by atoms with van der Waals surface area (Å²) in [5.74, 6) is 0.0819. The van der Waals surface area contributed by atoms with E-state index in [4.69, 9.17) is 23.2 Å². The van der Waals surface area contributed by atoms with Gasteiger partial charge in [0.2, 0.25) is 0 Å². The van der Waals surface area contributed by atoms with Gasteiger partial charge in [0.15, 0.2) is 5.78 Å². The SMILES string of the molecule is CC(C(=O)c1ccc(Cl)c(Cl)c1)N1CC=C(Cc2ccccc2)CC1. The molecule has 0 spiro atoms. The second-order valence-corrected chi connectivity index (χ2v) is 7.25. The van der Waals surface area contributed by atoms with E-state index in [-0.39, 0.29) is 11.8 Å². The number of carbonyl (C=O) groups is 1. The van der Waals surface area contributed by atoms with Crippen LogP contribution in [-0.4, -0.2) is 29.8 Å². The van der Waals surface area contributed by atoms with Crippen molar-refractivity contribution in [3.63, 3.8) is 0 Å². The molecular formula is C21H21Cl2NO. The summed E-state index contributed by atoms with van der Waals surface area (Å²) in [4.78, 5) is 14.9. The van der Waals surface area contributed by atoms with Gasteiger partial charge in [0.05, 0.1) is 16.1 Å². The Morgan fingerprint density at radius 3 is 2.52 bits per heavy atom. The molecule has 3 rings (SSSR count). The second-order valence-electron chi connectivity index (χ2n) is 6.44. The van der Waals surface area contributed by atoms with Crippen molar-refractivity contribution in [3.8, 4) is 0 Å². The lowest BCUT2D eigenvalue weighted by atomic mass is 9.97. The predicted octanol–water partition coefficient (Wildman–Crippen LogP) is 5.44. The summed E-state index contributed by atoms with van der Waals surface area (Å²) in [7, 11) is 0. The number of hydrogen-bond donors (Lipinski definition) is 0. The molecule has 0 radical (unpaired) electrons. The highest BCUT2D eigenvalue weighted by Crippen LogP contribution is 2.24. The maximum atomic E-state index is 12.7. The number of hydrogen-bond acceptors (Lipinski definition) is 2. The van der Waals surface area contributed by atoms with Gasteiger partial charge in [0.25, 0.3) is 0 Å². The molecule has 0 N–H and O–H groups in total. The Hall–Kier alpha value is -1.61. The van der Waals surface area contributed by atoms with E-state index in [1.807, 2.05) is 13.0 Å². The fraction of sp³-hybridized carbons (Fsp3) is 0.286. The quantitative estimate of drug-likeness (QED) is 0.513. The topological polar surface area (TPSA) is 20.3 Å². The van der Waals surface area contributed by atoms with Crippen molar-refractivity contribution >= 4 is 29.0 Å². The first-order valence-corrected chi connectivity index (χ1v) is 9.25. The van der Waals surface area contributed by atoms with E-state index < -0.39 is 0 Å². The molecule has 1 heterocycles. The average molecular weight is 374 g/mol. The molecule has 4 heteroatoms. The van der Waals surface area contributed by atoms with E-state index in [0.717, 1.165) is 25.9 Å². The first-order chi connectivity index (χ1) is 12.0. The largest absolute Gasteiger partial charge is 0.292 e. The van der Waals surface area contributed by atoms with Crippen molar-refractivity contribution in [3.05, 3.63) is 81.4 Å². The zero-order chi connectivity index (χ0) is 17.8. The van der Waals surface area contributed by atoms with Crippen LogP contribution in [0.25, 0.3) is 0 Å². The summed E-state index contributed by atoms with van der Waals surface area (Å²) < 4.78 is 0. The molecule has 1 unspecified atom stereocenters. The van der Waals surface area contributed by atoms with Crippen LogP contribution in [0.2, 0.25) is 10.0 Å². The smallest absolute Gasteiger partial charge is 0.179 e. The first-order valence-electron chi connectivity index (χ1n) is 8.50. The van der Waals surface area contributed by atoms with Gasteiger partial charge in [0.1, 0.15) is 0 Å². The first kappa shape index (κ1) is 18.2. The average Bonchev–Trinajstić information content (AvgIpc) is 2.64. The van der Waals surface area contributed by atoms with E-state index >= 15 is 0 Å². The highest BCUT2D eigenvalue weighted by Gasteiger charge is 2.24. The highest BCUT2D eigenvalue weighted by molar-refractivity contribution is 6.42. The van der Waals surface area contributed by atoms with E-state index in [1.54, 1.807) is 18.2 Å². The number of ketones is 1. The minimum atomic E-state index is -0.174. The number of halogens is 2. The van der Waals surface area contributed by atoms with Crippen molar-refractivity contribution in [2.45, 2.75) is 25.8 Å².